The molecule has 66 valence electrons. The molecule has 1 aromatic carbocycles. The van der Waals surface area contributed by atoms with Crippen LogP contribution in [0.2, 0.25) is 0 Å². The maximum atomic E-state index is 13.3. The van der Waals surface area contributed by atoms with Gasteiger partial charge in [-0.05, 0) is 18.6 Å². The summed E-state index contributed by atoms with van der Waals surface area (Å²) in [4.78, 5) is 0. The second kappa shape index (κ2) is 3.45. The van der Waals surface area contributed by atoms with Gasteiger partial charge in [0.2, 0.25) is 0 Å². The number of halogens is 2. The molecule has 13 heavy (non-hydrogen) atoms. The van der Waals surface area contributed by atoms with Crippen LogP contribution in [0.5, 0.6) is 0 Å². The average molecular weight is 345 g/mol. The van der Waals surface area contributed by atoms with E-state index in [4.69, 9.17) is 0 Å². The smallest absolute Gasteiger partial charge is 0.196 e. The largest absolute Gasteiger partial charge is 0.295 e. The van der Waals surface area contributed by atoms with Gasteiger partial charge in [-0.3, -0.25) is 0 Å². The van der Waals surface area contributed by atoms with E-state index in [1.165, 1.54) is 19.1 Å². The van der Waals surface area contributed by atoms with E-state index in [0.29, 0.717) is 5.56 Å². The fraction of sp³-hybridized carbons (Fsp3) is 0.200. The summed E-state index contributed by atoms with van der Waals surface area (Å²) in [5.74, 6) is -2.75. The summed E-state index contributed by atoms with van der Waals surface area (Å²) in [5, 5.41) is 0. The van der Waals surface area contributed by atoms with E-state index in [-0.39, 0.29) is 37.0 Å². The zero-order chi connectivity index (χ0) is 8.77. The molecule has 0 unspecified atom stereocenters. The second-order valence-electron chi connectivity index (χ2n) is 2.99. The molecule has 1 aromatic rings. The van der Waals surface area contributed by atoms with Crippen LogP contribution in [0.3, 0.4) is 0 Å². The van der Waals surface area contributed by atoms with Crippen LogP contribution in [0, 0.1) is 0 Å². The summed E-state index contributed by atoms with van der Waals surface area (Å²) in [6, 6.07) is 6.59. The van der Waals surface area contributed by atoms with Gasteiger partial charge in [0.15, 0.2) is 0 Å². The van der Waals surface area contributed by atoms with Crippen molar-refractivity contribution in [2.45, 2.75) is 12.8 Å². The van der Waals surface area contributed by atoms with Crippen LogP contribution in [0.4, 0.5) is 8.78 Å². The summed E-state index contributed by atoms with van der Waals surface area (Å²) in [6.07, 6.45) is 1.54. The van der Waals surface area contributed by atoms with Gasteiger partial charge in [-0.25, -0.2) is 0 Å². The van der Waals surface area contributed by atoms with Gasteiger partial charge in [0.05, 0.1) is 0 Å². The van der Waals surface area contributed by atoms with Gasteiger partial charge in [0, 0.05) is 37.0 Å². The van der Waals surface area contributed by atoms with Crippen LogP contribution < -0.4 is 0 Å². The molecule has 0 nitrogen and oxygen atoms in total. The summed E-state index contributed by atoms with van der Waals surface area (Å²) in [7, 11) is 0. The Bertz CT molecular complexity index is 356. The first-order valence-corrected chi connectivity index (χ1v) is 3.78. The molecule has 0 atom stereocenters. The van der Waals surface area contributed by atoms with Gasteiger partial charge in [-0.15, -0.1) is 0 Å². The Morgan fingerprint density at radius 1 is 1.15 bits per heavy atom. The number of benzene rings is 1. The average Bonchev–Trinajstić information content (AvgIpc) is 2.25. The standard InChI is InChI=1S/C10H8F2.Hf/c1-7-6-8-4-2-3-5-9(8)10(7,11)12;/h2-6H,1H3;. The van der Waals surface area contributed by atoms with Crippen molar-refractivity contribution in [2.75, 3.05) is 0 Å². The summed E-state index contributed by atoms with van der Waals surface area (Å²) >= 11 is 0. The van der Waals surface area contributed by atoms with Crippen LogP contribution in [0.25, 0.3) is 6.08 Å². The fourth-order valence-electron chi connectivity index (χ4n) is 1.45. The van der Waals surface area contributed by atoms with Gasteiger partial charge in [0.1, 0.15) is 0 Å². The van der Waals surface area contributed by atoms with E-state index < -0.39 is 5.92 Å². The van der Waals surface area contributed by atoms with Crippen molar-refractivity contribution in [1.82, 2.24) is 0 Å². The van der Waals surface area contributed by atoms with E-state index >= 15 is 0 Å². The third-order valence-electron chi connectivity index (χ3n) is 2.17. The van der Waals surface area contributed by atoms with Gasteiger partial charge in [-0.1, -0.05) is 24.3 Å². The SMILES string of the molecule is CC1=Cc2ccccc2C1(F)F.[Hf]. The molecule has 0 saturated heterocycles. The predicted octanol–water partition coefficient (Wildman–Crippen LogP) is 3.19. The molecule has 0 fully saturated rings. The minimum Gasteiger partial charge on any atom is -0.196 e. The number of alkyl halides is 2. The van der Waals surface area contributed by atoms with Crippen molar-refractivity contribution in [1.29, 1.82) is 0 Å². The summed E-state index contributed by atoms with van der Waals surface area (Å²) in [6.45, 7) is 1.46. The van der Waals surface area contributed by atoms with Crippen molar-refractivity contribution >= 4 is 6.08 Å². The molecule has 3 heteroatoms. The summed E-state index contributed by atoms with van der Waals surface area (Å²) in [5.41, 5.74) is 0.895. The predicted molar refractivity (Wildman–Crippen MR) is 44.0 cm³/mol. The van der Waals surface area contributed by atoms with Gasteiger partial charge in [0.25, 0.3) is 5.92 Å². The molecule has 0 bridgehead atoms. The third kappa shape index (κ3) is 1.54. The van der Waals surface area contributed by atoms with Gasteiger partial charge < -0.3 is 0 Å². The molecule has 1 aliphatic carbocycles. The molecule has 0 aromatic heterocycles. The zero-order valence-corrected chi connectivity index (χ0v) is 10.7. The molecule has 1 aliphatic rings. The van der Waals surface area contributed by atoms with Crippen LogP contribution in [-0.4, -0.2) is 0 Å². The van der Waals surface area contributed by atoms with Crippen molar-refractivity contribution in [3.05, 3.63) is 41.0 Å². The van der Waals surface area contributed by atoms with E-state index in [0.717, 1.165) is 0 Å². The second-order valence-corrected chi connectivity index (χ2v) is 2.99. The van der Waals surface area contributed by atoms with Gasteiger partial charge in [-0.2, -0.15) is 8.78 Å². The molecule has 0 heterocycles. The van der Waals surface area contributed by atoms with E-state index in [1.54, 1.807) is 18.2 Å². The topological polar surface area (TPSA) is 0 Å². The molecule has 0 amide bonds. The first-order chi connectivity index (χ1) is 5.62. The van der Waals surface area contributed by atoms with Crippen LogP contribution in [0.1, 0.15) is 18.1 Å². The first-order valence-electron chi connectivity index (χ1n) is 3.78. The molecular weight excluding hydrogens is 337 g/mol. The Morgan fingerprint density at radius 3 is 2.38 bits per heavy atom. The van der Waals surface area contributed by atoms with E-state index in [1.807, 2.05) is 0 Å². The molecule has 0 spiro atoms. The first kappa shape index (κ1) is 10.8. The Labute approximate surface area is 94.4 Å². The number of allylic oxidation sites excluding steroid dienone is 1. The molecular formula is C10H8F2Hf. The molecule has 0 saturated carbocycles. The fourth-order valence-corrected chi connectivity index (χ4v) is 1.45. The third-order valence-corrected chi connectivity index (χ3v) is 2.17. The molecule has 2 rings (SSSR count). The van der Waals surface area contributed by atoms with Crippen molar-refractivity contribution < 1.29 is 34.6 Å². The minimum atomic E-state index is -2.75. The van der Waals surface area contributed by atoms with Gasteiger partial charge >= 0.3 is 0 Å². The van der Waals surface area contributed by atoms with Crippen LogP contribution in [-0.2, 0) is 31.8 Å². The Kier molecular flexibility index (Phi) is 2.85. The molecule has 0 aliphatic heterocycles. The Morgan fingerprint density at radius 2 is 1.77 bits per heavy atom. The maximum absolute atomic E-state index is 13.3. The van der Waals surface area contributed by atoms with Crippen LogP contribution >= 0.6 is 0 Å². The van der Waals surface area contributed by atoms with Crippen molar-refractivity contribution in [2.24, 2.45) is 0 Å². The maximum Gasteiger partial charge on any atom is 0.295 e. The Hall–Kier alpha value is -0.310. The summed E-state index contributed by atoms with van der Waals surface area (Å²) < 4.78 is 26.5. The zero-order valence-electron chi connectivity index (χ0n) is 7.14. The number of hydrogen-bond donors (Lipinski definition) is 0. The normalized spacial score (nSPS) is 17.3. The van der Waals surface area contributed by atoms with Crippen LogP contribution in [0.15, 0.2) is 29.8 Å². The molecule has 0 radical (unpaired) electrons. The Balaban J connectivity index is 0.000000845. The van der Waals surface area contributed by atoms with Crippen molar-refractivity contribution in [3.63, 3.8) is 0 Å². The minimum absolute atomic E-state index is 0. The number of fused-ring (bicyclic) bond motifs is 1. The number of hydrogen-bond acceptors (Lipinski definition) is 0. The number of rotatable bonds is 0. The monoisotopic (exact) mass is 346 g/mol. The van der Waals surface area contributed by atoms with E-state index in [2.05, 4.69) is 0 Å². The van der Waals surface area contributed by atoms with Crippen molar-refractivity contribution in [3.8, 4) is 0 Å². The quantitative estimate of drug-likeness (QED) is 0.634. The molecule has 0 N–H and O–H groups in total. The van der Waals surface area contributed by atoms with E-state index in [9.17, 15) is 8.78 Å².